The lowest BCUT2D eigenvalue weighted by Crippen LogP contribution is -2.29. The highest BCUT2D eigenvalue weighted by Gasteiger charge is 2.32. The predicted molar refractivity (Wildman–Crippen MR) is 86.2 cm³/mol. The van der Waals surface area contributed by atoms with Crippen LogP contribution in [0.3, 0.4) is 0 Å². The Morgan fingerprint density at radius 1 is 1.14 bits per heavy atom. The van der Waals surface area contributed by atoms with Crippen LogP contribution in [0.4, 0.5) is 0 Å². The van der Waals surface area contributed by atoms with E-state index < -0.39 is 10.0 Å². The van der Waals surface area contributed by atoms with E-state index in [1.807, 2.05) is 36.4 Å². The number of nitrogens with zero attached hydrogens (tertiary/aromatic N) is 1. The molecule has 1 atom stereocenters. The van der Waals surface area contributed by atoms with Crippen molar-refractivity contribution < 1.29 is 8.42 Å². The van der Waals surface area contributed by atoms with Crippen molar-refractivity contribution in [2.24, 2.45) is 5.92 Å². The van der Waals surface area contributed by atoms with Gasteiger partial charge in [0.15, 0.2) is 0 Å². The molecule has 21 heavy (non-hydrogen) atoms. The van der Waals surface area contributed by atoms with Gasteiger partial charge in [0.25, 0.3) is 0 Å². The van der Waals surface area contributed by atoms with E-state index in [0.29, 0.717) is 29.8 Å². The molecule has 3 rings (SSSR count). The zero-order chi connectivity index (χ0) is 14.9. The maximum absolute atomic E-state index is 12.9. The van der Waals surface area contributed by atoms with E-state index in [1.165, 1.54) is 0 Å². The first-order valence-corrected chi connectivity index (χ1v) is 9.14. The quantitative estimate of drug-likeness (QED) is 0.808. The highest BCUT2D eigenvalue weighted by Crippen LogP contribution is 2.30. The molecule has 2 aromatic rings. The summed E-state index contributed by atoms with van der Waals surface area (Å²) in [5.41, 5.74) is 0. The first-order chi connectivity index (χ1) is 10.1. The highest BCUT2D eigenvalue weighted by atomic mass is 35.5. The van der Waals surface area contributed by atoms with E-state index >= 15 is 0 Å². The van der Waals surface area contributed by atoms with Crippen LogP contribution in [0.1, 0.15) is 12.8 Å². The Balaban J connectivity index is 1.98. The lowest BCUT2D eigenvalue weighted by molar-refractivity contribution is 0.454. The molecule has 112 valence electrons. The molecule has 1 fully saturated rings. The van der Waals surface area contributed by atoms with Crippen LogP contribution in [0, 0.1) is 5.92 Å². The fourth-order valence-electron chi connectivity index (χ4n) is 2.97. The third kappa shape index (κ3) is 2.80. The van der Waals surface area contributed by atoms with Crippen molar-refractivity contribution in [2.45, 2.75) is 17.7 Å². The number of sulfonamides is 1. The average Bonchev–Trinajstić information content (AvgIpc) is 2.96. The van der Waals surface area contributed by atoms with E-state index in [2.05, 4.69) is 0 Å². The fourth-order valence-corrected chi connectivity index (χ4v) is 5.02. The molecule has 0 aromatic heterocycles. The summed E-state index contributed by atoms with van der Waals surface area (Å²) in [6.07, 6.45) is 1.78. The van der Waals surface area contributed by atoms with Crippen LogP contribution >= 0.6 is 11.6 Å². The molecular formula is C16H18ClNO2S. The number of alkyl halides is 1. The maximum atomic E-state index is 12.9. The molecule has 1 heterocycles. The van der Waals surface area contributed by atoms with Crippen LogP contribution in [0.25, 0.3) is 10.8 Å². The molecule has 3 nitrogen and oxygen atoms in total. The summed E-state index contributed by atoms with van der Waals surface area (Å²) < 4.78 is 27.4. The van der Waals surface area contributed by atoms with E-state index in [-0.39, 0.29) is 0 Å². The minimum Gasteiger partial charge on any atom is -0.207 e. The summed E-state index contributed by atoms with van der Waals surface area (Å²) >= 11 is 5.77. The number of benzene rings is 2. The SMILES string of the molecule is O=S(=O)(c1cccc2ccccc12)N1CCC(CCCl)C1. The van der Waals surface area contributed by atoms with Crippen molar-refractivity contribution in [1.29, 1.82) is 0 Å². The normalized spacial score (nSPS) is 20.1. The summed E-state index contributed by atoms with van der Waals surface area (Å²) in [6, 6.07) is 13.1. The summed E-state index contributed by atoms with van der Waals surface area (Å²) in [6.45, 7) is 1.17. The van der Waals surface area contributed by atoms with Crippen molar-refractivity contribution in [1.82, 2.24) is 4.31 Å². The Morgan fingerprint density at radius 2 is 1.90 bits per heavy atom. The molecule has 0 spiro atoms. The minimum absolute atomic E-state index is 0.382. The number of halogens is 1. The van der Waals surface area contributed by atoms with Gasteiger partial charge in [-0.3, -0.25) is 0 Å². The van der Waals surface area contributed by atoms with Gasteiger partial charge in [0.2, 0.25) is 10.0 Å². The molecule has 0 amide bonds. The standard InChI is InChI=1S/C16H18ClNO2S/c17-10-8-13-9-11-18(12-13)21(19,20)16-7-3-5-14-4-1-2-6-15(14)16/h1-7,13H,8-12H2. The molecule has 0 bridgehead atoms. The van der Waals surface area contributed by atoms with Gasteiger partial charge in [-0.05, 0) is 30.2 Å². The highest BCUT2D eigenvalue weighted by molar-refractivity contribution is 7.89. The number of fused-ring (bicyclic) bond motifs is 1. The molecule has 0 saturated carbocycles. The maximum Gasteiger partial charge on any atom is 0.243 e. The van der Waals surface area contributed by atoms with E-state index in [4.69, 9.17) is 11.6 Å². The van der Waals surface area contributed by atoms with Gasteiger partial charge in [-0.15, -0.1) is 11.6 Å². The van der Waals surface area contributed by atoms with Gasteiger partial charge in [-0.25, -0.2) is 8.42 Å². The third-order valence-corrected chi connectivity index (χ3v) is 6.27. The predicted octanol–water partition coefficient (Wildman–Crippen LogP) is 3.48. The molecule has 1 unspecified atom stereocenters. The van der Waals surface area contributed by atoms with Crippen molar-refractivity contribution in [3.05, 3.63) is 42.5 Å². The molecule has 1 aliphatic rings. The van der Waals surface area contributed by atoms with Crippen LogP contribution < -0.4 is 0 Å². The van der Waals surface area contributed by atoms with Gasteiger partial charge in [0, 0.05) is 24.4 Å². The van der Waals surface area contributed by atoms with E-state index in [0.717, 1.165) is 23.6 Å². The summed E-state index contributed by atoms with van der Waals surface area (Å²) in [5.74, 6) is 0.972. The molecule has 2 aromatic carbocycles. The number of rotatable bonds is 4. The van der Waals surface area contributed by atoms with Crippen LogP contribution in [-0.2, 0) is 10.0 Å². The second-order valence-corrected chi connectivity index (χ2v) is 7.76. The minimum atomic E-state index is -3.43. The van der Waals surface area contributed by atoms with Gasteiger partial charge in [-0.2, -0.15) is 4.31 Å². The van der Waals surface area contributed by atoms with Gasteiger partial charge in [0.05, 0.1) is 4.90 Å². The zero-order valence-electron chi connectivity index (χ0n) is 11.7. The molecule has 0 aliphatic carbocycles. The molecule has 5 heteroatoms. The van der Waals surface area contributed by atoms with Crippen LogP contribution in [-0.4, -0.2) is 31.7 Å². The van der Waals surface area contributed by atoms with E-state index in [9.17, 15) is 8.42 Å². The Morgan fingerprint density at radius 3 is 2.71 bits per heavy atom. The molecular weight excluding hydrogens is 306 g/mol. The Kier molecular flexibility index (Phi) is 4.20. The zero-order valence-corrected chi connectivity index (χ0v) is 13.3. The Hall–Kier alpha value is -1.10. The summed E-state index contributed by atoms with van der Waals surface area (Å²) in [7, 11) is -3.43. The molecule has 1 saturated heterocycles. The van der Waals surface area contributed by atoms with E-state index in [1.54, 1.807) is 10.4 Å². The lowest BCUT2D eigenvalue weighted by Gasteiger charge is -2.18. The van der Waals surface area contributed by atoms with Crippen molar-refractivity contribution in [3.63, 3.8) is 0 Å². The van der Waals surface area contributed by atoms with Crippen molar-refractivity contribution in [3.8, 4) is 0 Å². The summed E-state index contributed by atoms with van der Waals surface area (Å²) in [5, 5.41) is 1.75. The first-order valence-electron chi connectivity index (χ1n) is 7.17. The van der Waals surface area contributed by atoms with Gasteiger partial charge < -0.3 is 0 Å². The molecule has 0 N–H and O–H groups in total. The largest absolute Gasteiger partial charge is 0.243 e. The summed E-state index contributed by atoms with van der Waals surface area (Å²) in [4.78, 5) is 0.409. The second-order valence-electron chi connectivity index (χ2n) is 5.47. The molecule has 0 radical (unpaired) electrons. The van der Waals surface area contributed by atoms with Gasteiger partial charge in [-0.1, -0.05) is 36.4 Å². The molecule has 1 aliphatic heterocycles. The number of hydrogen-bond donors (Lipinski definition) is 0. The Bertz CT molecular complexity index is 740. The average molecular weight is 324 g/mol. The van der Waals surface area contributed by atoms with Crippen LogP contribution in [0.5, 0.6) is 0 Å². The second kappa shape index (κ2) is 5.95. The van der Waals surface area contributed by atoms with Crippen molar-refractivity contribution in [2.75, 3.05) is 19.0 Å². The van der Waals surface area contributed by atoms with Crippen molar-refractivity contribution >= 4 is 32.4 Å². The fraction of sp³-hybridized carbons (Fsp3) is 0.375. The topological polar surface area (TPSA) is 37.4 Å². The first kappa shape index (κ1) is 14.8. The Labute approximate surface area is 130 Å². The number of hydrogen-bond acceptors (Lipinski definition) is 2. The third-order valence-electron chi connectivity index (χ3n) is 4.13. The van der Waals surface area contributed by atoms with Gasteiger partial charge in [0.1, 0.15) is 0 Å². The van der Waals surface area contributed by atoms with Crippen LogP contribution in [0.15, 0.2) is 47.4 Å². The lowest BCUT2D eigenvalue weighted by atomic mass is 10.1. The smallest absolute Gasteiger partial charge is 0.207 e. The van der Waals surface area contributed by atoms with Crippen LogP contribution in [0.2, 0.25) is 0 Å². The monoisotopic (exact) mass is 323 g/mol. The van der Waals surface area contributed by atoms with Gasteiger partial charge >= 0.3 is 0 Å².